The van der Waals surface area contributed by atoms with Gasteiger partial charge in [0.25, 0.3) is 10.1 Å². The van der Waals surface area contributed by atoms with E-state index >= 15 is 0 Å². The lowest BCUT2D eigenvalue weighted by Gasteiger charge is -2.48. The highest BCUT2D eigenvalue weighted by Crippen LogP contribution is 2.54. The first kappa shape index (κ1) is 17.3. The third-order valence-electron chi connectivity index (χ3n) is 6.39. The van der Waals surface area contributed by atoms with Crippen molar-refractivity contribution in [1.82, 2.24) is 0 Å². The Balaban J connectivity index is 1.54. The number of carbonyl (C=O) groups excluding carboxylic acids is 1. The number of rotatable bonds is 1. The first-order valence-corrected chi connectivity index (χ1v) is 11.1. The average molecular weight is 376 g/mol. The fourth-order valence-corrected chi connectivity index (χ4v) is 7.64. The molecule has 0 amide bonds. The van der Waals surface area contributed by atoms with Gasteiger partial charge >= 0.3 is 0 Å². The largest absolute Gasteiger partial charge is 0.371 e. The number of aliphatic hydroxyl groups is 1. The van der Waals surface area contributed by atoms with Crippen LogP contribution in [0.25, 0.3) is 0 Å². The van der Waals surface area contributed by atoms with Gasteiger partial charge in [-0.15, -0.1) is 0 Å². The number of ketones is 1. The fraction of sp³-hybridized carbons (Fsp3) is 0.938. The zero-order chi connectivity index (χ0) is 17.2. The molecule has 2 N–H and O–H groups in total. The summed E-state index contributed by atoms with van der Waals surface area (Å²) in [6.07, 6.45) is 6.13. The number of ether oxygens (including phenoxy) is 1. The third kappa shape index (κ3) is 2.65. The van der Waals surface area contributed by atoms with Crippen LogP contribution in [0.15, 0.2) is 0 Å². The van der Waals surface area contributed by atoms with Gasteiger partial charge in [-0.3, -0.25) is 9.35 Å². The van der Waals surface area contributed by atoms with Crippen molar-refractivity contribution in [2.75, 3.05) is 6.61 Å². The Kier molecular flexibility index (Phi) is 4.08. The third-order valence-corrected chi connectivity index (χ3v) is 9.44. The van der Waals surface area contributed by atoms with Crippen molar-refractivity contribution in [3.8, 4) is 0 Å². The smallest absolute Gasteiger partial charge is 0.297 e. The van der Waals surface area contributed by atoms with Crippen LogP contribution < -0.4 is 0 Å². The molecule has 0 aromatic carbocycles. The summed E-state index contributed by atoms with van der Waals surface area (Å²) in [5.74, 6) is 0.322. The normalized spacial score (nSPS) is 49.0. The van der Waals surface area contributed by atoms with Gasteiger partial charge in [-0.2, -0.15) is 20.2 Å². The summed E-state index contributed by atoms with van der Waals surface area (Å²) in [6, 6.07) is 0. The van der Waals surface area contributed by atoms with Crippen LogP contribution in [0.5, 0.6) is 0 Å². The molecule has 0 radical (unpaired) electrons. The van der Waals surface area contributed by atoms with Crippen LogP contribution in [-0.2, 0) is 19.6 Å². The van der Waals surface area contributed by atoms with E-state index in [-0.39, 0.29) is 23.5 Å². The van der Waals surface area contributed by atoms with Gasteiger partial charge in [0.15, 0.2) is 0 Å². The molecule has 0 aromatic heterocycles. The molecule has 2 saturated carbocycles. The highest BCUT2D eigenvalue weighted by molar-refractivity contribution is 8.00. The molecule has 4 aliphatic rings. The lowest BCUT2D eigenvalue weighted by molar-refractivity contribution is -0.133. The highest BCUT2D eigenvalue weighted by Gasteiger charge is 2.60. The molecule has 24 heavy (non-hydrogen) atoms. The molecule has 2 heterocycles. The van der Waals surface area contributed by atoms with Crippen molar-refractivity contribution in [2.45, 2.75) is 72.4 Å². The number of hydrogen-bond donors (Lipinski definition) is 2. The predicted octanol–water partition coefficient (Wildman–Crippen LogP) is 1.77. The molecule has 0 bridgehead atoms. The number of thioether (sulfide) groups is 1. The second-order valence-corrected chi connectivity index (χ2v) is 11.1. The van der Waals surface area contributed by atoms with Crippen LogP contribution in [0.4, 0.5) is 0 Å². The van der Waals surface area contributed by atoms with Crippen LogP contribution >= 0.6 is 11.8 Å². The maximum Gasteiger partial charge on any atom is 0.297 e. The van der Waals surface area contributed by atoms with Crippen LogP contribution in [0.1, 0.15) is 51.4 Å². The monoisotopic (exact) mass is 376 g/mol. The summed E-state index contributed by atoms with van der Waals surface area (Å²) in [5.41, 5.74) is -0.802. The summed E-state index contributed by atoms with van der Waals surface area (Å²) in [7, 11) is -4.60. The standard InChI is InChI=1S/C16H24O6S2/c17-14-10-3-1-2-4-12(10)23-13-5-6-15(7-11(13)14)8-16(18,9-22-15)24(19,20)21/h10-13,18H,1-9H2,(H,19,20,21). The molecule has 4 rings (SSSR count). The molecule has 6 nitrogen and oxygen atoms in total. The molecular formula is C16H24O6S2. The van der Waals surface area contributed by atoms with E-state index in [1.165, 1.54) is 6.42 Å². The molecule has 2 saturated heterocycles. The molecule has 6 unspecified atom stereocenters. The molecule has 2 aliphatic carbocycles. The van der Waals surface area contributed by atoms with E-state index in [2.05, 4.69) is 0 Å². The highest BCUT2D eigenvalue weighted by atomic mass is 32.2. The lowest BCUT2D eigenvalue weighted by atomic mass is 9.70. The fourth-order valence-electron chi connectivity index (χ4n) is 5.10. The average Bonchev–Trinajstić information content (AvgIpc) is 2.87. The van der Waals surface area contributed by atoms with Crippen molar-refractivity contribution in [2.24, 2.45) is 11.8 Å². The van der Waals surface area contributed by atoms with Crippen molar-refractivity contribution in [3.05, 3.63) is 0 Å². The van der Waals surface area contributed by atoms with Gasteiger partial charge < -0.3 is 9.84 Å². The zero-order valence-electron chi connectivity index (χ0n) is 13.5. The molecule has 0 aromatic rings. The van der Waals surface area contributed by atoms with E-state index < -0.39 is 27.3 Å². The predicted molar refractivity (Wildman–Crippen MR) is 89.3 cm³/mol. The Morgan fingerprint density at radius 3 is 2.54 bits per heavy atom. The van der Waals surface area contributed by atoms with E-state index in [4.69, 9.17) is 4.74 Å². The molecule has 2 aliphatic heterocycles. The molecular weight excluding hydrogens is 352 g/mol. The Bertz CT molecular complexity index is 649. The quantitative estimate of drug-likeness (QED) is 0.673. The molecule has 1 spiro atoms. The topological polar surface area (TPSA) is 101 Å². The van der Waals surface area contributed by atoms with E-state index in [9.17, 15) is 22.9 Å². The maximum absolute atomic E-state index is 13.0. The van der Waals surface area contributed by atoms with Gasteiger partial charge in [0.05, 0.1) is 12.2 Å². The van der Waals surface area contributed by atoms with Crippen LogP contribution in [0, 0.1) is 11.8 Å². The number of carbonyl (C=O) groups is 1. The maximum atomic E-state index is 13.0. The van der Waals surface area contributed by atoms with Gasteiger partial charge in [0, 0.05) is 28.8 Å². The van der Waals surface area contributed by atoms with Crippen molar-refractivity contribution < 1.29 is 27.6 Å². The SMILES string of the molecule is O=C1C2CCCCC2SC2CCC3(CC12)CC(O)(S(=O)(=O)O)CO3. The summed E-state index contributed by atoms with van der Waals surface area (Å²) < 4.78 is 37.9. The van der Waals surface area contributed by atoms with Gasteiger partial charge in [-0.25, -0.2) is 0 Å². The number of Topliss-reactive ketones (excluding diaryl/α,β-unsaturated/α-hetero) is 1. The molecule has 8 heteroatoms. The lowest BCUT2D eigenvalue weighted by Crippen LogP contribution is -2.51. The van der Waals surface area contributed by atoms with E-state index in [1.54, 1.807) is 0 Å². The molecule has 136 valence electrons. The van der Waals surface area contributed by atoms with Gasteiger partial charge in [-0.1, -0.05) is 12.8 Å². The first-order valence-electron chi connectivity index (χ1n) is 8.76. The Morgan fingerprint density at radius 1 is 1.12 bits per heavy atom. The van der Waals surface area contributed by atoms with Crippen molar-refractivity contribution in [3.63, 3.8) is 0 Å². The van der Waals surface area contributed by atoms with Crippen LogP contribution in [-0.4, -0.2) is 51.5 Å². The van der Waals surface area contributed by atoms with Crippen molar-refractivity contribution in [1.29, 1.82) is 0 Å². The minimum Gasteiger partial charge on any atom is -0.371 e. The number of hydrogen-bond acceptors (Lipinski definition) is 6. The van der Waals surface area contributed by atoms with Crippen LogP contribution in [0.2, 0.25) is 0 Å². The van der Waals surface area contributed by atoms with Crippen LogP contribution in [0.3, 0.4) is 0 Å². The summed E-state index contributed by atoms with van der Waals surface area (Å²) in [6.45, 7) is -0.420. The Morgan fingerprint density at radius 2 is 1.83 bits per heavy atom. The summed E-state index contributed by atoms with van der Waals surface area (Å²) in [4.78, 5) is 10.8. The molecule has 6 atom stereocenters. The van der Waals surface area contributed by atoms with Gasteiger partial charge in [0.2, 0.25) is 4.93 Å². The van der Waals surface area contributed by atoms with E-state index in [0.717, 1.165) is 25.7 Å². The van der Waals surface area contributed by atoms with E-state index in [0.29, 0.717) is 23.9 Å². The zero-order valence-corrected chi connectivity index (χ0v) is 15.2. The minimum atomic E-state index is -4.60. The second kappa shape index (κ2) is 5.67. The first-order chi connectivity index (χ1) is 11.2. The molecule has 4 fully saturated rings. The minimum absolute atomic E-state index is 0.119. The van der Waals surface area contributed by atoms with Gasteiger partial charge in [0.1, 0.15) is 5.78 Å². The Hall–Kier alpha value is -0.150. The number of fused-ring (bicyclic) bond motifs is 2. The van der Waals surface area contributed by atoms with Crippen molar-refractivity contribution >= 4 is 27.7 Å². The summed E-state index contributed by atoms with van der Waals surface area (Å²) in [5, 5.41) is 11.0. The Labute approximate surface area is 146 Å². The summed E-state index contributed by atoms with van der Waals surface area (Å²) >= 11 is 1.94. The second-order valence-electron chi connectivity index (χ2n) is 7.93. The van der Waals surface area contributed by atoms with Gasteiger partial charge in [-0.05, 0) is 32.1 Å². The van der Waals surface area contributed by atoms with E-state index in [1.807, 2.05) is 11.8 Å².